The Kier molecular flexibility index (Phi) is 7.31. The minimum Gasteiger partial charge on any atom is -0.342 e. The number of carbonyl (C=O) groups excluding carboxylic acids is 1. The van der Waals surface area contributed by atoms with Crippen LogP contribution in [0.1, 0.15) is 49.4 Å². The SMILES string of the molecule is CCN(CC)C(=O)CN1CCCC(c2ccc(Cc3c(F)cccc3F)cn2)C1. The molecule has 2 aromatic rings. The molecule has 1 aliphatic rings. The molecule has 6 heteroatoms. The van der Waals surface area contributed by atoms with E-state index in [1.807, 2.05) is 30.9 Å². The highest BCUT2D eigenvalue weighted by Gasteiger charge is 2.25. The Bertz CT molecular complexity index is 801. The Morgan fingerprint density at radius 3 is 2.52 bits per heavy atom. The number of likely N-dealkylation sites (N-methyl/N-ethyl adjacent to an activating group) is 1. The number of rotatable bonds is 7. The summed E-state index contributed by atoms with van der Waals surface area (Å²) in [5.41, 5.74) is 1.82. The van der Waals surface area contributed by atoms with E-state index in [0.717, 1.165) is 50.3 Å². The average molecular weight is 402 g/mol. The van der Waals surface area contributed by atoms with Crippen LogP contribution in [0, 0.1) is 11.6 Å². The van der Waals surface area contributed by atoms with Gasteiger partial charge >= 0.3 is 0 Å². The fourth-order valence-corrected chi connectivity index (χ4v) is 4.00. The summed E-state index contributed by atoms with van der Waals surface area (Å²) in [6.45, 7) is 7.65. The van der Waals surface area contributed by atoms with Crippen molar-refractivity contribution in [2.75, 3.05) is 32.7 Å². The highest BCUT2D eigenvalue weighted by atomic mass is 19.1. The van der Waals surface area contributed by atoms with Crippen LogP contribution in [0.3, 0.4) is 0 Å². The zero-order valence-electron chi connectivity index (χ0n) is 17.2. The average Bonchev–Trinajstić information content (AvgIpc) is 2.72. The number of nitrogens with zero attached hydrogens (tertiary/aromatic N) is 3. The summed E-state index contributed by atoms with van der Waals surface area (Å²) >= 11 is 0. The summed E-state index contributed by atoms with van der Waals surface area (Å²) < 4.78 is 27.7. The Morgan fingerprint density at radius 1 is 1.17 bits per heavy atom. The second-order valence-corrected chi connectivity index (χ2v) is 7.61. The number of amides is 1. The molecule has 1 fully saturated rings. The van der Waals surface area contributed by atoms with Crippen LogP contribution in [0.4, 0.5) is 8.78 Å². The molecule has 3 rings (SSSR count). The van der Waals surface area contributed by atoms with E-state index in [0.29, 0.717) is 6.54 Å². The number of hydrogen-bond donors (Lipinski definition) is 0. The monoisotopic (exact) mass is 401 g/mol. The van der Waals surface area contributed by atoms with E-state index in [2.05, 4.69) is 9.88 Å². The van der Waals surface area contributed by atoms with E-state index in [-0.39, 0.29) is 23.8 Å². The molecule has 1 aromatic carbocycles. The Hall–Kier alpha value is -2.34. The van der Waals surface area contributed by atoms with Crippen LogP contribution in [0.5, 0.6) is 0 Å². The van der Waals surface area contributed by atoms with Crippen LogP contribution >= 0.6 is 0 Å². The second kappa shape index (κ2) is 9.92. The number of piperidine rings is 1. The molecule has 0 spiro atoms. The fourth-order valence-electron chi connectivity index (χ4n) is 4.00. The topological polar surface area (TPSA) is 36.4 Å². The molecule has 1 atom stereocenters. The molecule has 0 saturated carbocycles. The highest BCUT2D eigenvalue weighted by Crippen LogP contribution is 2.26. The number of aromatic nitrogens is 1. The number of likely N-dealkylation sites (tertiary alicyclic amines) is 1. The summed E-state index contributed by atoms with van der Waals surface area (Å²) in [5.74, 6) is -0.622. The van der Waals surface area contributed by atoms with E-state index < -0.39 is 11.6 Å². The van der Waals surface area contributed by atoms with Crippen molar-refractivity contribution >= 4 is 5.91 Å². The standard InChI is InChI=1S/C23H29F2N3O/c1-3-28(4-2)23(29)16-27-12-6-7-18(15-27)22-11-10-17(14-26-22)13-19-20(24)8-5-9-21(19)25/h5,8-11,14,18H,3-4,6-7,12-13,15-16H2,1-2H3. The Balaban J connectivity index is 1.63. The maximum Gasteiger partial charge on any atom is 0.236 e. The van der Waals surface area contributed by atoms with Crippen molar-refractivity contribution in [1.29, 1.82) is 0 Å². The number of halogens is 2. The largest absolute Gasteiger partial charge is 0.342 e. The van der Waals surface area contributed by atoms with Crippen molar-refractivity contribution < 1.29 is 13.6 Å². The third-order valence-electron chi connectivity index (χ3n) is 5.69. The van der Waals surface area contributed by atoms with E-state index in [1.165, 1.54) is 18.2 Å². The lowest BCUT2D eigenvalue weighted by molar-refractivity contribution is -0.132. The van der Waals surface area contributed by atoms with Crippen molar-refractivity contribution in [1.82, 2.24) is 14.8 Å². The lowest BCUT2D eigenvalue weighted by Gasteiger charge is -2.33. The van der Waals surface area contributed by atoms with Gasteiger partial charge in [0.25, 0.3) is 0 Å². The van der Waals surface area contributed by atoms with Gasteiger partial charge in [-0.15, -0.1) is 0 Å². The van der Waals surface area contributed by atoms with Crippen molar-refractivity contribution in [2.45, 2.75) is 39.0 Å². The van der Waals surface area contributed by atoms with Gasteiger partial charge in [-0.05, 0) is 57.0 Å². The summed E-state index contributed by atoms with van der Waals surface area (Å²) in [6.07, 6.45) is 3.95. The fraction of sp³-hybridized carbons (Fsp3) is 0.478. The third-order valence-corrected chi connectivity index (χ3v) is 5.69. The van der Waals surface area contributed by atoms with Crippen molar-refractivity contribution in [3.05, 3.63) is 65.0 Å². The molecular formula is C23H29F2N3O. The molecule has 0 aliphatic carbocycles. The van der Waals surface area contributed by atoms with Crippen molar-refractivity contribution in [3.8, 4) is 0 Å². The molecule has 0 radical (unpaired) electrons. The molecular weight excluding hydrogens is 372 g/mol. The van der Waals surface area contributed by atoms with Gasteiger partial charge in [-0.25, -0.2) is 8.78 Å². The highest BCUT2D eigenvalue weighted by molar-refractivity contribution is 5.78. The van der Waals surface area contributed by atoms with Gasteiger partial charge in [-0.3, -0.25) is 14.7 Å². The van der Waals surface area contributed by atoms with Gasteiger partial charge in [0.05, 0.1) is 6.54 Å². The summed E-state index contributed by atoms with van der Waals surface area (Å²) in [4.78, 5) is 21.0. The van der Waals surface area contributed by atoms with Gasteiger partial charge in [-0.2, -0.15) is 0 Å². The molecule has 1 aliphatic heterocycles. The molecule has 156 valence electrons. The minimum atomic E-state index is -0.533. The Morgan fingerprint density at radius 2 is 1.90 bits per heavy atom. The van der Waals surface area contributed by atoms with Gasteiger partial charge in [0.2, 0.25) is 5.91 Å². The zero-order chi connectivity index (χ0) is 20.8. The molecule has 29 heavy (non-hydrogen) atoms. The first-order chi connectivity index (χ1) is 14.0. The minimum absolute atomic E-state index is 0.0702. The van der Waals surface area contributed by atoms with Crippen LogP contribution in [0.25, 0.3) is 0 Å². The predicted octanol–water partition coefficient (Wildman–Crippen LogP) is 4.00. The maximum atomic E-state index is 13.9. The smallest absolute Gasteiger partial charge is 0.236 e. The van der Waals surface area contributed by atoms with Gasteiger partial charge in [0.1, 0.15) is 11.6 Å². The van der Waals surface area contributed by atoms with Crippen LogP contribution in [-0.4, -0.2) is 53.4 Å². The van der Waals surface area contributed by atoms with Gasteiger partial charge in [-0.1, -0.05) is 12.1 Å². The molecule has 0 N–H and O–H groups in total. The lowest BCUT2D eigenvalue weighted by atomic mass is 9.93. The van der Waals surface area contributed by atoms with Gasteiger partial charge in [0.15, 0.2) is 0 Å². The van der Waals surface area contributed by atoms with E-state index in [1.54, 1.807) is 6.20 Å². The summed E-state index contributed by atoms with van der Waals surface area (Å²) in [7, 11) is 0. The second-order valence-electron chi connectivity index (χ2n) is 7.61. The number of carbonyl (C=O) groups is 1. The number of hydrogen-bond acceptors (Lipinski definition) is 3. The summed E-state index contributed by atoms with van der Waals surface area (Å²) in [6, 6.07) is 7.77. The van der Waals surface area contributed by atoms with E-state index >= 15 is 0 Å². The molecule has 0 bridgehead atoms. The van der Waals surface area contributed by atoms with Gasteiger partial charge < -0.3 is 4.90 Å². The third kappa shape index (κ3) is 5.38. The molecule has 1 aromatic heterocycles. The predicted molar refractivity (Wildman–Crippen MR) is 110 cm³/mol. The van der Waals surface area contributed by atoms with Gasteiger partial charge in [0, 0.05) is 49.4 Å². The Labute approximate surface area is 171 Å². The molecule has 2 heterocycles. The first-order valence-electron chi connectivity index (χ1n) is 10.4. The maximum absolute atomic E-state index is 13.9. The van der Waals surface area contributed by atoms with Crippen LogP contribution in [0.2, 0.25) is 0 Å². The van der Waals surface area contributed by atoms with Crippen LogP contribution < -0.4 is 0 Å². The van der Waals surface area contributed by atoms with Crippen LogP contribution in [-0.2, 0) is 11.2 Å². The number of benzene rings is 1. The molecule has 1 unspecified atom stereocenters. The van der Waals surface area contributed by atoms with Crippen molar-refractivity contribution in [2.24, 2.45) is 0 Å². The van der Waals surface area contributed by atoms with E-state index in [4.69, 9.17) is 0 Å². The van der Waals surface area contributed by atoms with Crippen molar-refractivity contribution in [3.63, 3.8) is 0 Å². The first kappa shape index (κ1) is 21.4. The normalized spacial score (nSPS) is 17.3. The lowest BCUT2D eigenvalue weighted by Crippen LogP contribution is -2.43. The number of pyridine rings is 1. The molecule has 1 amide bonds. The first-order valence-corrected chi connectivity index (χ1v) is 10.4. The van der Waals surface area contributed by atoms with E-state index in [9.17, 15) is 13.6 Å². The van der Waals surface area contributed by atoms with Crippen LogP contribution in [0.15, 0.2) is 36.5 Å². The zero-order valence-corrected chi connectivity index (χ0v) is 17.2. The summed E-state index contributed by atoms with van der Waals surface area (Å²) in [5, 5.41) is 0. The molecule has 4 nitrogen and oxygen atoms in total. The quantitative estimate of drug-likeness (QED) is 0.704. The molecule has 1 saturated heterocycles.